The van der Waals surface area contributed by atoms with Crippen LogP contribution < -0.4 is 16.1 Å². The Morgan fingerprint density at radius 1 is 0.929 bits per heavy atom. The predicted molar refractivity (Wildman–Crippen MR) is 110 cm³/mol. The number of rotatable bonds is 6. The minimum atomic E-state index is -0.579. The van der Waals surface area contributed by atoms with Gasteiger partial charge in [0.25, 0.3) is 5.91 Å². The van der Waals surface area contributed by atoms with Crippen molar-refractivity contribution in [1.29, 1.82) is 0 Å². The van der Waals surface area contributed by atoms with Crippen molar-refractivity contribution in [2.75, 3.05) is 10.6 Å². The van der Waals surface area contributed by atoms with Crippen molar-refractivity contribution in [3.63, 3.8) is 0 Å². The van der Waals surface area contributed by atoms with E-state index in [9.17, 15) is 9.59 Å². The van der Waals surface area contributed by atoms with Crippen molar-refractivity contribution in [1.82, 2.24) is 5.48 Å². The lowest BCUT2D eigenvalue weighted by Crippen LogP contribution is -2.25. The number of carbonyl (C=O) groups is 2. The van der Waals surface area contributed by atoms with Gasteiger partial charge in [0.05, 0.1) is 11.4 Å². The zero-order chi connectivity index (χ0) is 19.8. The van der Waals surface area contributed by atoms with E-state index in [1.165, 1.54) is 12.5 Å². The van der Waals surface area contributed by atoms with Gasteiger partial charge in [0.1, 0.15) is 0 Å². The van der Waals surface area contributed by atoms with Gasteiger partial charge in [-0.3, -0.25) is 14.8 Å². The molecule has 2 aromatic rings. The molecule has 6 nitrogen and oxygen atoms in total. The number of para-hydroxylation sites is 2. The van der Waals surface area contributed by atoms with E-state index >= 15 is 0 Å². The Morgan fingerprint density at radius 3 is 2.29 bits per heavy atom. The van der Waals surface area contributed by atoms with Gasteiger partial charge in [0.15, 0.2) is 0 Å². The Balaban J connectivity index is 1.66. The summed E-state index contributed by atoms with van der Waals surface area (Å²) in [6.45, 7) is 0. The molecule has 0 unspecified atom stereocenters. The summed E-state index contributed by atoms with van der Waals surface area (Å²) in [4.78, 5) is 23.6. The summed E-state index contributed by atoms with van der Waals surface area (Å²) in [5, 5.41) is 14.9. The highest BCUT2D eigenvalue weighted by molar-refractivity contribution is 5.96. The zero-order valence-corrected chi connectivity index (χ0v) is 15.7. The van der Waals surface area contributed by atoms with Crippen LogP contribution in [0.3, 0.4) is 0 Å². The van der Waals surface area contributed by atoms with Crippen LogP contribution in [0.5, 0.6) is 0 Å². The lowest BCUT2D eigenvalue weighted by atomic mass is 9.88. The SMILES string of the molecule is O=C(/C=C/c1ccc(Nc2ccccc2NC(=O)C2CCCCC2)cc1)NO. The minimum Gasteiger partial charge on any atom is -0.354 e. The topological polar surface area (TPSA) is 90.5 Å². The number of hydrogen-bond donors (Lipinski definition) is 4. The molecule has 1 fully saturated rings. The number of amides is 2. The molecule has 0 saturated heterocycles. The van der Waals surface area contributed by atoms with Gasteiger partial charge in [-0.1, -0.05) is 43.5 Å². The normalized spacial score (nSPS) is 14.6. The maximum atomic E-state index is 12.6. The Hall–Kier alpha value is -3.12. The van der Waals surface area contributed by atoms with Gasteiger partial charge < -0.3 is 10.6 Å². The molecule has 146 valence electrons. The van der Waals surface area contributed by atoms with Crippen molar-refractivity contribution >= 4 is 35.0 Å². The molecule has 2 amide bonds. The first kappa shape index (κ1) is 19.6. The van der Waals surface area contributed by atoms with Gasteiger partial charge >= 0.3 is 0 Å². The van der Waals surface area contributed by atoms with Crippen molar-refractivity contribution in [2.45, 2.75) is 32.1 Å². The summed E-state index contributed by atoms with van der Waals surface area (Å²) in [6, 6.07) is 15.1. The van der Waals surface area contributed by atoms with Crippen molar-refractivity contribution < 1.29 is 14.8 Å². The van der Waals surface area contributed by atoms with Crippen molar-refractivity contribution in [3.8, 4) is 0 Å². The first-order chi connectivity index (χ1) is 13.7. The third-order valence-corrected chi connectivity index (χ3v) is 4.89. The second-order valence-corrected chi connectivity index (χ2v) is 6.93. The fraction of sp³-hybridized carbons (Fsp3) is 0.273. The molecule has 0 spiro atoms. The zero-order valence-electron chi connectivity index (χ0n) is 15.7. The van der Waals surface area contributed by atoms with Crippen LogP contribution in [-0.4, -0.2) is 17.0 Å². The third kappa shape index (κ3) is 5.44. The highest BCUT2D eigenvalue weighted by Gasteiger charge is 2.21. The van der Waals surface area contributed by atoms with Crippen LogP contribution in [0.15, 0.2) is 54.6 Å². The van der Waals surface area contributed by atoms with E-state index in [1.54, 1.807) is 11.6 Å². The van der Waals surface area contributed by atoms with Crippen LogP contribution in [0.1, 0.15) is 37.7 Å². The number of hydroxylamine groups is 1. The molecule has 1 saturated carbocycles. The van der Waals surface area contributed by atoms with E-state index in [4.69, 9.17) is 5.21 Å². The molecule has 28 heavy (non-hydrogen) atoms. The molecule has 0 heterocycles. The van der Waals surface area contributed by atoms with Gasteiger partial charge in [-0.25, -0.2) is 5.48 Å². The van der Waals surface area contributed by atoms with E-state index in [2.05, 4.69) is 10.6 Å². The Kier molecular flexibility index (Phi) is 6.81. The summed E-state index contributed by atoms with van der Waals surface area (Å²) in [7, 11) is 0. The summed E-state index contributed by atoms with van der Waals surface area (Å²) < 4.78 is 0. The third-order valence-electron chi connectivity index (χ3n) is 4.89. The van der Waals surface area contributed by atoms with Gasteiger partial charge in [-0.05, 0) is 48.7 Å². The molecular weight excluding hydrogens is 354 g/mol. The van der Waals surface area contributed by atoms with E-state index in [-0.39, 0.29) is 11.8 Å². The fourth-order valence-electron chi connectivity index (χ4n) is 3.34. The van der Waals surface area contributed by atoms with E-state index < -0.39 is 5.91 Å². The highest BCUT2D eigenvalue weighted by Crippen LogP contribution is 2.29. The molecule has 0 radical (unpaired) electrons. The molecule has 3 rings (SSSR count). The van der Waals surface area contributed by atoms with Crippen LogP contribution in [0.25, 0.3) is 6.08 Å². The Bertz CT molecular complexity index is 840. The summed E-state index contributed by atoms with van der Waals surface area (Å²) in [6.07, 6.45) is 8.25. The van der Waals surface area contributed by atoms with E-state index in [0.717, 1.165) is 48.3 Å². The number of benzene rings is 2. The maximum absolute atomic E-state index is 12.6. The van der Waals surface area contributed by atoms with Crippen LogP contribution in [-0.2, 0) is 9.59 Å². The Labute approximate surface area is 164 Å². The molecule has 0 atom stereocenters. The number of carbonyl (C=O) groups excluding carboxylic acids is 2. The average Bonchev–Trinajstić information content (AvgIpc) is 2.75. The molecule has 4 N–H and O–H groups in total. The second-order valence-electron chi connectivity index (χ2n) is 6.93. The lowest BCUT2D eigenvalue weighted by Gasteiger charge is -2.21. The summed E-state index contributed by atoms with van der Waals surface area (Å²) in [5.41, 5.74) is 4.84. The number of nitrogens with one attached hydrogen (secondary N) is 3. The molecule has 0 bridgehead atoms. The number of hydrogen-bond acceptors (Lipinski definition) is 4. The van der Waals surface area contributed by atoms with E-state index in [1.807, 2.05) is 48.5 Å². The van der Waals surface area contributed by atoms with Crippen molar-refractivity contribution in [2.24, 2.45) is 5.92 Å². The standard InChI is InChI=1S/C22H25N3O3/c26-21(25-28)15-12-16-10-13-18(14-11-16)23-19-8-4-5-9-20(19)24-22(27)17-6-2-1-3-7-17/h4-5,8-15,17,23,28H,1-3,6-7H2,(H,24,27)(H,25,26)/b15-12+. The molecule has 1 aliphatic rings. The Morgan fingerprint density at radius 2 is 1.61 bits per heavy atom. The fourth-order valence-corrected chi connectivity index (χ4v) is 3.34. The minimum absolute atomic E-state index is 0.0941. The van der Waals surface area contributed by atoms with Gasteiger partial charge in [0, 0.05) is 17.7 Å². The van der Waals surface area contributed by atoms with Gasteiger partial charge in [-0.15, -0.1) is 0 Å². The first-order valence-corrected chi connectivity index (χ1v) is 9.55. The first-order valence-electron chi connectivity index (χ1n) is 9.55. The summed E-state index contributed by atoms with van der Waals surface area (Å²) >= 11 is 0. The molecule has 6 heteroatoms. The molecule has 1 aliphatic carbocycles. The second kappa shape index (κ2) is 9.71. The smallest absolute Gasteiger partial charge is 0.267 e. The average molecular weight is 379 g/mol. The monoisotopic (exact) mass is 379 g/mol. The molecule has 0 aromatic heterocycles. The molecule has 2 aromatic carbocycles. The molecular formula is C22H25N3O3. The summed E-state index contributed by atoms with van der Waals surface area (Å²) in [5.74, 6) is -0.384. The van der Waals surface area contributed by atoms with Gasteiger partial charge in [-0.2, -0.15) is 0 Å². The predicted octanol–water partition coefficient (Wildman–Crippen LogP) is 4.47. The molecule has 0 aliphatic heterocycles. The van der Waals surface area contributed by atoms with E-state index in [0.29, 0.717) is 0 Å². The van der Waals surface area contributed by atoms with Crippen molar-refractivity contribution in [3.05, 3.63) is 60.2 Å². The lowest BCUT2D eigenvalue weighted by molar-refractivity contribution is -0.124. The largest absolute Gasteiger partial charge is 0.354 e. The maximum Gasteiger partial charge on any atom is 0.267 e. The van der Waals surface area contributed by atoms with Gasteiger partial charge in [0.2, 0.25) is 5.91 Å². The van der Waals surface area contributed by atoms with Crippen LogP contribution in [0.4, 0.5) is 17.1 Å². The quantitative estimate of drug-likeness (QED) is 0.339. The van der Waals surface area contributed by atoms with Crippen LogP contribution in [0.2, 0.25) is 0 Å². The number of anilines is 3. The van der Waals surface area contributed by atoms with Crippen LogP contribution >= 0.6 is 0 Å². The van der Waals surface area contributed by atoms with Crippen LogP contribution in [0, 0.1) is 5.92 Å². The highest BCUT2D eigenvalue weighted by atomic mass is 16.5.